The minimum atomic E-state index is -0.743. The van der Waals surface area contributed by atoms with Gasteiger partial charge in [-0.25, -0.2) is 0 Å². The first-order valence-electron chi connectivity index (χ1n) is 11.7. The maximum absolute atomic E-state index is 13.0. The smallest absolute Gasteiger partial charge is 0.204 e. The molecule has 0 aromatic heterocycles. The summed E-state index contributed by atoms with van der Waals surface area (Å²) in [5, 5.41) is 0. The molecular formula is C25H41O2Si. The summed E-state index contributed by atoms with van der Waals surface area (Å²) in [6.07, 6.45) is 12.1. The molecule has 3 heteroatoms. The van der Waals surface area contributed by atoms with Crippen LogP contribution in [0.5, 0.6) is 0 Å². The van der Waals surface area contributed by atoms with Gasteiger partial charge in [0.1, 0.15) is 5.78 Å². The predicted molar refractivity (Wildman–Crippen MR) is 117 cm³/mol. The van der Waals surface area contributed by atoms with Gasteiger partial charge in [-0.15, -0.1) is 0 Å². The Bertz CT molecular complexity index is 660. The van der Waals surface area contributed by atoms with Gasteiger partial charge in [-0.1, -0.05) is 39.3 Å². The SMILES string of the molecule is C[Si](C)OC[C@]12CC[C@H]3[C@@H](CC=C4C[C@@H](C(C)(C)C)CC[C@@]43C)[C@@H]1CCC2=O. The molecule has 0 N–H and O–H groups in total. The number of hydrogen-bond donors (Lipinski definition) is 0. The lowest BCUT2D eigenvalue weighted by molar-refractivity contribution is -0.137. The molecule has 157 valence electrons. The fourth-order valence-corrected chi connectivity index (χ4v) is 8.07. The number of ketones is 1. The molecule has 0 aliphatic heterocycles. The van der Waals surface area contributed by atoms with Gasteiger partial charge in [-0.2, -0.15) is 0 Å². The van der Waals surface area contributed by atoms with Crippen LogP contribution < -0.4 is 0 Å². The van der Waals surface area contributed by atoms with Gasteiger partial charge < -0.3 is 4.43 Å². The lowest BCUT2D eigenvalue weighted by atomic mass is 9.46. The summed E-state index contributed by atoms with van der Waals surface area (Å²) in [5.74, 6) is 3.39. The van der Waals surface area contributed by atoms with Crippen molar-refractivity contribution in [2.24, 2.45) is 39.9 Å². The van der Waals surface area contributed by atoms with Crippen molar-refractivity contribution in [3.8, 4) is 0 Å². The second-order valence-corrected chi connectivity index (χ2v) is 14.0. The highest BCUT2D eigenvalue weighted by molar-refractivity contribution is 6.48. The van der Waals surface area contributed by atoms with E-state index in [1.807, 2.05) is 0 Å². The molecule has 2 nitrogen and oxygen atoms in total. The Morgan fingerprint density at radius 3 is 2.57 bits per heavy atom. The summed E-state index contributed by atoms with van der Waals surface area (Å²) in [6, 6.07) is 0. The fraction of sp³-hybridized carbons (Fsp3) is 0.880. The van der Waals surface area contributed by atoms with Crippen molar-refractivity contribution in [3.63, 3.8) is 0 Å². The van der Waals surface area contributed by atoms with Crippen LogP contribution >= 0.6 is 0 Å². The molecule has 1 radical (unpaired) electrons. The Morgan fingerprint density at radius 1 is 1.14 bits per heavy atom. The van der Waals surface area contributed by atoms with Gasteiger partial charge in [0.05, 0.1) is 5.41 Å². The quantitative estimate of drug-likeness (QED) is 0.402. The molecule has 0 spiro atoms. The minimum absolute atomic E-state index is 0.145. The number of Topliss-reactive ketones (excluding diaryl/α,β-unsaturated/α-hetero) is 1. The largest absolute Gasteiger partial charge is 0.416 e. The summed E-state index contributed by atoms with van der Waals surface area (Å²) in [6.45, 7) is 14.9. The number of allylic oxidation sites excluding steroid dienone is 2. The van der Waals surface area contributed by atoms with Gasteiger partial charge in [0.25, 0.3) is 0 Å². The van der Waals surface area contributed by atoms with E-state index in [1.165, 1.54) is 32.1 Å². The zero-order valence-electron chi connectivity index (χ0n) is 19.1. The Kier molecular flexibility index (Phi) is 5.27. The van der Waals surface area contributed by atoms with E-state index >= 15 is 0 Å². The molecule has 4 aliphatic carbocycles. The van der Waals surface area contributed by atoms with Crippen LogP contribution in [0.15, 0.2) is 11.6 Å². The third kappa shape index (κ3) is 3.19. The van der Waals surface area contributed by atoms with E-state index in [-0.39, 0.29) is 5.41 Å². The molecule has 0 amide bonds. The van der Waals surface area contributed by atoms with Crippen molar-refractivity contribution in [3.05, 3.63) is 11.6 Å². The molecule has 4 aliphatic rings. The first kappa shape index (κ1) is 20.8. The van der Waals surface area contributed by atoms with E-state index in [9.17, 15) is 4.79 Å². The summed E-state index contributed by atoms with van der Waals surface area (Å²) in [7, 11) is -0.743. The Labute approximate surface area is 174 Å². The molecule has 28 heavy (non-hydrogen) atoms. The normalized spacial score (nSPS) is 43.4. The number of hydrogen-bond acceptors (Lipinski definition) is 2. The standard InChI is InChI=1S/C25H41O2Si/c1-23(2,3)17-11-13-24(4)18(15-17)7-8-19-20(24)12-14-25(16-27-28(5)6)21(19)9-10-22(25)26/h7,17,19-21H,8-16H2,1-6H3/t17-,19+,20-,21-,24-,25+/m0/s1. The van der Waals surface area contributed by atoms with Gasteiger partial charge >= 0.3 is 0 Å². The van der Waals surface area contributed by atoms with Crippen LogP contribution in [0.2, 0.25) is 13.1 Å². The van der Waals surface area contributed by atoms with Crippen LogP contribution in [0.1, 0.15) is 79.1 Å². The van der Waals surface area contributed by atoms with E-state index in [4.69, 9.17) is 4.43 Å². The predicted octanol–water partition coefficient (Wildman–Crippen LogP) is 6.43. The van der Waals surface area contributed by atoms with Crippen molar-refractivity contribution in [2.75, 3.05) is 6.61 Å². The molecular weight excluding hydrogens is 360 g/mol. The molecule has 0 bridgehead atoms. The van der Waals surface area contributed by atoms with E-state index in [1.54, 1.807) is 5.57 Å². The van der Waals surface area contributed by atoms with Gasteiger partial charge in [0.2, 0.25) is 9.04 Å². The summed E-state index contributed by atoms with van der Waals surface area (Å²) >= 11 is 0. The topological polar surface area (TPSA) is 26.3 Å². The highest BCUT2D eigenvalue weighted by Gasteiger charge is 2.60. The van der Waals surface area contributed by atoms with Gasteiger partial charge in [0, 0.05) is 13.0 Å². The lowest BCUT2D eigenvalue weighted by Gasteiger charge is -2.58. The number of carbonyl (C=O) groups is 1. The molecule has 0 heterocycles. The number of rotatable bonds is 3. The van der Waals surface area contributed by atoms with Crippen LogP contribution in [0.3, 0.4) is 0 Å². The van der Waals surface area contributed by atoms with Crippen LogP contribution in [0.25, 0.3) is 0 Å². The summed E-state index contributed by atoms with van der Waals surface area (Å²) in [5.41, 5.74) is 2.41. The second kappa shape index (κ2) is 7.08. The molecule has 4 rings (SSSR count). The van der Waals surface area contributed by atoms with E-state index in [0.29, 0.717) is 35.1 Å². The molecule has 3 saturated carbocycles. The molecule has 3 fully saturated rings. The Morgan fingerprint density at radius 2 is 1.89 bits per heavy atom. The molecule has 0 saturated heterocycles. The lowest BCUT2D eigenvalue weighted by Crippen LogP contribution is -2.53. The zero-order chi connectivity index (χ0) is 20.3. The maximum atomic E-state index is 13.0. The summed E-state index contributed by atoms with van der Waals surface area (Å²) < 4.78 is 6.19. The van der Waals surface area contributed by atoms with Crippen molar-refractivity contribution < 1.29 is 9.22 Å². The monoisotopic (exact) mass is 401 g/mol. The van der Waals surface area contributed by atoms with Crippen molar-refractivity contribution in [1.29, 1.82) is 0 Å². The first-order valence-corrected chi connectivity index (χ1v) is 14.1. The van der Waals surface area contributed by atoms with Crippen molar-refractivity contribution in [1.82, 2.24) is 0 Å². The molecule has 0 unspecified atom stereocenters. The average molecular weight is 402 g/mol. The van der Waals surface area contributed by atoms with Gasteiger partial charge in [-0.3, -0.25) is 4.79 Å². The van der Waals surface area contributed by atoms with E-state index < -0.39 is 9.04 Å². The molecule has 6 atom stereocenters. The highest BCUT2D eigenvalue weighted by atomic mass is 28.3. The Hall–Kier alpha value is -0.413. The zero-order valence-corrected chi connectivity index (χ0v) is 20.1. The van der Waals surface area contributed by atoms with E-state index in [0.717, 1.165) is 31.1 Å². The maximum Gasteiger partial charge on any atom is 0.204 e. The third-order valence-corrected chi connectivity index (χ3v) is 10.1. The van der Waals surface area contributed by atoms with E-state index in [2.05, 4.69) is 46.9 Å². The van der Waals surface area contributed by atoms with Crippen LogP contribution in [-0.2, 0) is 9.22 Å². The van der Waals surface area contributed by atoms with Gasteiger partial charge in [0.15, 0.2) is 0 Å². The molecule has 0 aromatic rings. The Balaban J connectivity index is 1.60. The number of carbonyl (C=O) groups excluding carboxylic acids is 1. The average Bonchev–Trinajstić information content (AvgIpc) is 2.95. The summed E-state index contributed by atoms with van der Waals surface area (Å²) in [4.78, 5) is 13.0. The van der Waals surface area contributed by atoms with Crippen molar-refractivity contribution in [2.45, 2.75) is 92.2 Å². The van der Waals surface area contributed by atoms with Crippen molar-refractivity contribution >= 4 is 14.8 Å². The van der Waals surface area contributed by atoms with Gasteiger partial charge in [-0.05, 0) is 92.5 Å². The third-order valence-electron chi connectivity index (χ3n) is 9.39. The second-order valence-electron chi connectivity index (χ2n) is 11.9. The molecule has 0 aromatic carbocycles. The van der Waals surface area contributed by atoms with Crippen LogP contribution in [0.4, 0.5) is 0 Å². The fourth-order valence-electron chi connectivity index (χ4n) is 7.52. The highest BCUT2D eigenvalue weighted by Crippen LogP contribution is 2.65. The van der Waals surface area contributed by atoms with Crippen LogP contribution in [-0.4, -0.2) is 21.4 Å². The first-order chi connectivity index (χ1) is 13.1. The number of fused-ring (bicyclic) bond motifs is 5. The van der Waals surface area contributed by atoms with Crippen LogP contribution in [0, 0.1) is 39.9 Å². The minimum Gasteiger partial charge on any atom is -0.416 e.